The van der Waals surface area contributed by atoms with E-state index < -0.39 is 0 Å². The number of phenolic OH excluding ortho intramolecular Hbond substituents is 1. The number of hydrogen-bond acceptors (Lipinski definition) is 2. The molecule has 2 atom stereocenters. The second-order valence-electron chi connectivity index (χ2n) is 6.37. The number of nitrogens with zero attached hydrogens (tertiary/aromatic N) is 1. The molecule has 1 aliphatic carbocycles. The Labute approximate surface area is 116 Å². The van der Waals surface area contributed by atoms with E-state index in [9.17, 15) is 5.11 Å². The highest BCUT2D eigenvalue weighted by molar-refractivity contribution is 5.34. The highest BCUT2D eigenvalue weighted by Crippen LogP contribution is 2.48. The van der Waals surface area contributed by atoms with Crippen LogP contribution in [0.4, 0.5) is 0 Å². The largest absolute Gasteiger partial charge is 0.508 e. The zero-order valence-electron chi connectivity index (χ0n) is 11.9. The van der Waals surface area contributed by atoms with Gasteiger partial charge in [0, 0.05) is 6.04 Å². The highest BCUT2D eigenvalue weighted by atomic mass is 16.3. The molecule has 1 aliphatic heterocycles. The average molecular weight is 259 g/mol. The lowest BCUT2D eigenvalue weighted by Crippen LogP contribution is -2.34. The van der Waals surface area contributed by atoms with E-state index in [1.165, 1.54) is 57.2 Å². The van der Waals surface area contributed by atoms with Gasteiger partial charge in [-0.15, -0.1) is 0 Å². The number of likely N-dealkylation sites (tertiary alicyclic amines) is 1. The summed E-state index contributed by atoms with van der Waals surface area (Å²) >= 11 is 0. The van der Waals surface area contributed by atoms with Gasteiger partial charge in [0.15, 0.2) is 0 Å². The van der Waals surface area contributed by atoms with Crippen molar-refractivity contribution in [3.63, 3.8) is 0 Å². The molecule has 0 amide bonds. The maximum atomic E-state index is 9.76. The van der Waals surface area contributed by atoms with Crippen molar-refractivity contribution in [1.82, 2.24) is 4.90 Å². The third-order valence-corrected chi connectivity index (χ3v) is 5.17. The van der Waals surface area contributed by atoms with Crippen LogP contribution in [0.5, 0.6) is 5.75 Å². The van der Waals surface area contributed by atoms with Crippen molar-refractivity contribution in [2.45, 2.75) is 56.9 Å². The van der Waals surface area contributed by atoms with Gasteiger partial charge >= 0.3 is 0 Å². The molecular formula is C17H25NO. The molecular weight excluding hydrogens is 234 g/mol. The van der Waals surface area contributed by atoms with Crippen molar-refractivity contribution in [2.24, 2.45) is 0 Å². The number of fused-ring (bicyclic) bond motifs is 2. The van der Waals surface area contributed by atoms with Gasteiger partial charge < -0.3 is 10.0 Å². The molecule has 1 saturated carbocycles. The normalized spacial score (nSPS) is 31.3. The topological polar surface area (TPSA) is 23.5 Å². The molecule has 2 fully saturated rings. The first-order chi connectivity index (χ1) is 9.23. The Bertz CT molecular complexity index is 445. The van der Waals surface area contributed by atoms with Gasteiger partial charge in [-0.2, -0.15) is 0 Å². The number of aromatic hydroxyl groups is 1. The maximum absolute atomic E-state index is 9.76. The van der Waals surface area contributed by atoms with Crippen molar-refractivity contribution in [3.05, 3.63) is 29.8 Å². The monoisotopic (exact) mass is 259 g/mol. The van der Waals surface area contributed by atoms with Gasteiger partial charge in [0.25, 0.3) is 0 Å². The van der Waals surface area contributed by atoms with Crippen LogP contribution < -0.4 is 0 Å². The first kappa shape index (κ1) is 13.0. The predicted molar refractivity (Wildman–Crippen MR) is 78.5 cm³/mol. The lowest BCUT2D eigenvalue weighted by molar-refractivity contribution is 0.204. The molecule has 104 valence electrons. The predicted octanol–water partition coefficient (Wildman–Crippen LogP) is 3.69. The van der Waals surface area contributed by atoms with Crippen LogP contribution in [0, 0.1) is 0 Å². The molecule has 0 radical (unpaired) electrons. The fraction of sp³-hybridized carbons (Fsp3) is 0.647. The SMILES string of the molecule is CCCN1CCCC2(c3cccc(O)c3)CCC1C2. The molecule has 19 heavy (non-hydrogen) atoms. The third-order valence-electron chi connectivity index (χ3n) is 5.17. The van der Waals surface area contributed by atoms with Gasteiger partial charge in [-0.3, -0.25) is 0 Å². The van der Waals surface area contributed by atoms with Crippen LogP contribution in [0.15, 0.2) is 24.3 Å². The van der Waals surface area contributed by atoms with Gasteiger partial charge in [-0.05, 0) is 74.7 Å². The standard InChI is InChI=1S/C17H25NO/c1-2-10-18-11-4-8-17(9-7-15(18)13-17)14-5-3-6-16(19)12-14/h3,5-6,12,15,19H,2,4,7-11,13H2,1H3. The van der Waals surface area contributed by atoms with E-state index in [4.69, 9.17) is 0 Å². The Kier molecular flexibility index (Phi) is 3.53. The summed E-state index contributed by atoms with van der Waals surface area (Å²) in [4.78, 5) is 2.71. The average Bonchev–Trinajstić information content (AvgIpc) is 2.74. The Morgan fingerprint density at radius 3 is 3.05 bits per heavy atom. The smallest absolute Gasteiger partial charge is 0.115 e. The van der Waals surface area contributed by atoms with Gasteiger partial charge in [0.05, 0.1) is 0 Å². The third kappa shape index (κ3) is 2.38. The fourth-order valence-electron chi connectivity index (χ4n) is 4.26. The molecule has 3 rings (SSSR count). The fourth-order valence-corrected chi connectivity index (χ4v) is 4.26. The van der Waals surface area contributed by atoms with Crippen molar-refractivity contribution in [3.8, 4) is 5.75 Å². The van der Waals surface area contributed by atoms with E-state index >= 15 is 0 Å². The molecule has 1 heterocycles. The van der Waals surface area contributed by atoms with Crippen molar-refractivity contribution in [2.75, 3.05) is 13.1 Å². The molecule has 2 unspecified atom stereocenters. The van der Waals surface area contributed by atoms with Crippen molar-refractivity contribution >= 4 is 0 Å². The summed E-state index contributed by atoms with van der Waals surface area (Å²) in [5, 5.41) is 9.76. The molecule has 1 aromatic carbocycles. The van der Waals surface area contributed by atoms with E-state index in [0.29, 0.717) is 11.2 Å². The van der Waals surface area contributed by atoms with E-state index in [2.05, 4.69) is 17.9 Å². The molecule has 2 heteroatoms. The lowest BCUT2D eigenvalue weighted by Gasteiger charge is -2.29. The van der Waals surface area contributed by atoms with E-state index in [-0.39, 0.29) is 0 Å². The van der Waals surface area contributed by atoms with Crippen molar-refractivity contribution < 1.29 is 5.11 Å². The number of phenols is 1. The quantitative estimate of drug-likeness (QED) is 0.895. The molecule has 2 aliphatic rings. The molecule has 1 N–H and O–H groups in total. The zero-order chi connectivity index (χ0) is 13.3. The highest BCUT2D eigenvalue weighted by Gasteiger charge is 2.43. The second kappa shape index (κ2) is 5.16. The van der Waals surface area contributed by atoms with Crippen LogP contribution in [0.1, 0.15) is 51.0 Å². The Balaban J connectivity index is 1.86. The first-order valence-corrected chi connectivity index (χ1v) is 7.77. The van der Waals surface area contributed by atoms with E-state index in [1.54, 1.807) is 6.07 Å². The molecule has 1 saturated heterocycles. The molecule has 2 bridgehead atoms. The second-order valence-corrected chi connectivity index (χ2v) is 6.37. The van der Waals surface area contributed by atoms with E-state index in [1.807, 2.05) is 12.1 Å². The van der Waals surface area contributed by atoms with Gasteiger partial charge in [0.2, 0.25) is 0 Å². The van der Waals surface area contributed by atoms with Gasteiger partial charge in [-0.25, -0.2) is 0 Å². The minimum atomic E-state index is 0.339. The van der Waals surface area contributed by atoms with Crippen LogP contribution in [0.25, 0.3) is 0 Å². The minimum Gasteiger partial charge on any atom is -0.508 e. The van der Waals surface area contributed by atoms with Crippen LogP contribution in [-0.4, -0.2) is 29.1 Å². The Hall–Kier alpha value is -1.02. The van der Waals surface area contributed by atoms with Crippen LogP contribution in [0.3, 0.4) is 0 Å². The van der Waals surface area contributed by atoms with E-state index in [0.717, 1.165) is 6.04 Å². The summed E-state index contributed by atoms with van der Waals surface area (Å²) in [7, 11) is 0. The Morgan fingerprint density at radius 1 is 1.37 bits per heavy atom. The van der Waals surface area contributed by atoms with Crippen molar-refractivity contribution in [1.29, 1.82) is 0 Å². The number of benzene rings is 1. The molecule has 1 aromatic rings. The molecule has 2 nitrogen and oxygen atoms in total. The molecule has 0 aromatic heterocycles. The Morgan fingerprint density at radius 2 is 2.26 bits per heavy atom. The summed E-state index contributed by atoms with van der Waals surface area (Å²) in [6.07, 6.45) is 7.75. The van der Waals surface area contributed by atoms with Crippen LogP contribution >= 0.6 is 0 Å². The van der Waals surface area contributed by atoms with Crippen LogP contribution in [0.2, 0.25) is 0 Å². The zero-order valence-corrected chi connectivity index (χ0v) is 11.9. The summed E-state index contributed by atoms with van der Waals surface area (Å²) in [5.41, 5.74) is 1.71. The summed E-state index contributed by atoms with van der Waals surface area (Å²) in [6.45, 7) is 4.79. The summed E-state index contributed by atoms with van der Waals surface area (Å²) < 4.78 is 0. The first-order valence-electron chi connectivity index (χ1n) is 7.77. The lowest BCUT2D eigenvalue weighted by atomic mass is 9.75. The summed E-state index contributed by atoms with van der Waals surface area (Å²) in [6, 6.07) is 8.77. The number of rotatable bonds is 3. The summed E-state index contributed by atoms with van der Waals surface area (Å²) in [5.74, 6) is 0.421. The number of hydrogen-bond donors (Lipinski definition) is 1. The van der Waals surface area contributed by atoms with Gasteiger partial charge in [-0.1, -0.05) is 19.1 Å². The maximum Gasteiger partial charge on any atom is 0.115 e. The molecule has 0 spiro atoms. The van der Waals surface area contributed by atoms with Gasteiger partial charge in [0.1, 0.15) is 5.75 Å². The minimum absolute atomic E-state index is 0.339. The van der Waals surface area contributed by atoms with Crippen LogP contribution in [-0.2, 0) is 5.41 Å².